The molecule has 2 unspecified atom stereocenters. The molecule has 2 nitrogen and oxygen atoms in total. The first-order chi connectivity index (χ1) is 11.4. The average Bonchev–Trinajstić information content (AvgIpc) is 2.56. The van der Waals surface area contributed by atoms with Gasteiger partial charge in [-0.3, -0.25) is 0 Å². The highest BCUT2D eigenvalue weighted by Crippen LogP contribution is 2.28. The predicted molar refractivity (Wildman–Crippen MR) is 106 cm³/mol. The number of hydrogen-bond donors (Lipinski definition) is 2. The zero-order valence-corrected chi connectivity index (χ0v) is 15.2. The molecule has 0 saturated heterocycles. The maximum atomic E-state index is 3.64. The average molecular weight is 320 g/mol. The lowest BCUT2D eigenvalue weighted by Gasteiger charge is -2.31. The first-order valence-corrected chi connectivity index (χ1v) is 8.74. The van der Waals surface area contributed by atoms with Crippen molar-refractivity contribution in [2.75, 3.05) is 10.6 Å². The molecule has 0 aliphatic heterocycles. The number of allylic oxidation sites excluding steroid dienone is 4. The third kappa shape index (κ3) is 4.00. The molecular formula is C22H28N2. The van der Waals surface area contributed by atoms with Gasteiger partial charge in [-0.1, -0.05) is 47.6 Å². The molecule has 2 atom stereocenters. The fourth-order valence-electron chi connectivity index (χ4n) is 3.13. The summed E-state index contributed by atoms with van der Waals surface area (Å²) in [5, 5.41) is 7.28. The van der Waals surface area contributed by atoms with Crippen LogP contribution in [0.25, 0.3) is 0 Å². The Hall–Kier alpha value is -2.22. The lowest BCUT2D eigenvalue weighted by Crippen LogP contribution is -2.33. The highest BCUT2D eigenvalue weighted by Gasteiger charge is 2.23. The van der Waals surface area contributed by atoms with E-state index >= 15 is 0 Å². The van der Waals surface area contributed by atoms with E-state index in [9.17, 15) is 0 Å². The summed E-state index contributed by atoms with van der Waals surface area (Å²) in [6.07, 6.45) is 15.5. The van der Waals surface area contributed by atoms with Gasteiger partial charge in [-0.2, -0.15) is 0 Å². The van der Waals surface area contributed by atoms with Gasteiger partial charge in [0.2, 0.25) is 0 Å². The Kier molecular flexibility index (Phi) is 4.40. The normalized spacial score (nSPS) is 29.0. The number of nitrogens with one attached hydrogen (secondary N) is 2. The molecule has 2 aliphatic rings. The van der Waals surface area contributed by atoms with E-state index in [-0.39, 0.29) is 11.1 Å². The number of hydrogen-bond acceptors (Lipinski definition) is 2. The van der Waals surface area contributed by atoms with Crippen molar-refractivity contribution in [3.8, 4) is 0 Å². The molecule has 2 N–H and O–H groups in total. The topological polar surface area (TPSA) is 24.1 Å². The van der Waals surface area contributed by atoms with Crippen LogP contribution < -0.4 is 10.6 Å². The van der Waals surface area contributed by atoms with Gasteiger partial charge in [0, 0.05) is 11.4 Å². The Morgan fingerprint density at radius 1 is 0.708 bits per heavy atom. The quantitative estimate of drug-likeness (QED) is 0.728. The van der Waals surface area contributed by atoms with Gasteiger partial charge in [0.25, 0.3) is 0 Å². The predicted octanol–water partition coefficient (Wildman–Crippen LogP) is 5.84. The van der Waals surface area contributed by atoms with Crippen molar-refractivity contribution in [3.63, 3.8) is 0 Å². The van der Waals surface area contributed by atoms with E-state index in [0.717, 1.165) is 24.2 Å². The first kappa shape index (κ1) is 16.6. The van der Waals surface area contributed by atoms with Crippen LogP contribution in [-0.2, 0) is 0 Å². The largest absolute Gasteiger partial charge is 0.376 e. The summed E-state index contributed by atoms with van der Waals surface area (Å²) >= 11 is 0. The van der Waals surface area contributed by atoms with Crippen LogP contribution in [0.5, 0.6) is 0 Å². The standard InChI is InChI=1S/C22H28N2/c1-17-9-13-21(3,14-10-17)23-19-5-7-20(8-6-19)24-22(4)15-11-18(2)12-16-22/h5-13,15,23-24H,14,16H2,1-4H3. The van der Waals surface area contributed by atoms with Gasteiger partial charge >= 0.3 is 0 Å². The molecular weight excluding hydrogens is 292 g/mol. The Bertz CT molecular complexity index is 658. The minimum atomic E-state index is -0.00510. The molecule has 0 bridgehead atoms. The second-order valence-electron chi connectivity index (χ2n) is 7.63. The van der Waals surface area contributed by atoms with Crippen molar-refractivity contribution in [1.82, 2.24) is 0 Å². The van der Waals surface area contributed by atoms with Crippen molar-refractivity contribution in [2.24, 2.45) is 0 Å². The SMILES string of the molecule is CC1=CCC(C)(Nc2ccc(NC3(C)C=CC(C)=CC3)cc2)C=C1. The number of benzene rings is 1. The molecule has 0 radical (unpaired) electrons. The van der Waals surface area contributed by atoms with Gasteiger partial charge < -0.3 is 10.6 Å². The van der Waals surface area contributed by atoms with E-state index in [1.807, 2.05) is 0 Å². The molecule has 0 fully saturated rings. The molecule has 126 valence electrons. The summed E-state index contributed by atoms with van der Waals surface area (Å²) in [6, 6.07) is 8.63. The van der Waals surface area contributed by atoms with Gasteiger partial charge in [-0.25, -0.2) is 0 Å². The molecule has 1 aromatic carbocycles. The summed E-state index contributed by atoms with van der Waals surface area (Å²) in [7, 11) is 0. The molecule has 1 aromatic rings. The fraction of sp³-hybridized carbons (Fsp3) is 0.364. The van der Waals surface area contributed by atoms with Crippen molar-refractivity contribution >= 4 is 11.4 Å². The molecule has 24 heavy (non-hydrogen) atoms. The van der Waals surface area contributed by atoms with Crippen LogP contribution in [0.4, 0.5) is 11.4 Å². The second kappa shape index (κ2) is 6.35. The zero-order chi connectivity index (χ0) is 17.2. The molecule has 0 spiro atoms. The molecule has 0 saturated carbocycles. The van der Waals surface area contributed by atoms with Crippen LogP contribution >= 0.6 is 0 Å². The number of anilines is 2. The molecule has 0 amide bonds. The maximum absolute atomic E-state index is 3.64. The lowest BCUT2D eigenvalue weighted by atomic mass is 9.90. The second-order valence-corrected chi connectivity index (χ2v) is 7.63. The van der Waals surface area contributed by atoms with E-state index in [2.05, 4.69) is 99.1 Å². The van der Waals surface area contributed by atoms with Crippen molar-refractivity contribution in [2.45, 2.75) is 51.6 Å². The lowest BCUT2D eigenvalue weighted by molar-refractivity contribution is 0.635. The van der Waals surface area contributed by atoms with E-state index in [4.69, 9.17) is 0 Å². The minimum Gasteiger partial charge on any atom is -0.376 e. The summed E-state index contributed by atoms with van der Waals surface area (Å²) in [5.74, 6) is 0. The monoisotopic (exact) mass is 320 g/mol. The van der Waals surface area contributed by atoms with E-state index in [1.165, 1.54) is 11.1 Å². The molecule has 0 aromatic heterocycles. The molecule has 2 heteroatoms. The van der Waals surface area contributed by atoms with Gasteiger partial charge in [-0.05, 0) is 64.8 Å². The Morgan fingerprint density at radius 2 is 1.08 bits per heavy atom. The van der Waals surface area contributed by atoms with E-state index in [0.29, 0.717) is 0 Å². The Balaban J connectivity index is 1.64. The molecule has 3 rings (SSSR count). The van der Waals surface area contributed by atoms with Crippen LogP contribution in [0.3, 0.4) is 0 Å². The fourth-order valence-corrected chi connectivity index (χ4v) is 3.13. The highest BCUT2D eigenvalue weighted by molar-refractivity contribution is 5.57. The van der Waals surface area contributed by atoms with Gasteiger partial charge in [0.15, 0.2) is 0 Å². The van der Waals surface area contributed by atoms with Crippen LogP contribution in [0.2, 0.25) is 0 Å². The third-order valence-corrected chi connectivity index (χ3v) is 4.87. The van der Waals surface area contributed by atoms with Crippen LogP contribution in [0, 0.1) is 0 Å². The van der Waals surface area contributed by atoms with Crippen LogP contribution in [0.15, 0.2) is 71.9 Å². The van der Waals surface area contributed by atoms with Crippen molar-refractivity contribution in [1.29, 1.82) is 0 Å². The van der Waals surface area contributed by atoms with Crippen molar-refractivity contribution in [3.05, 3.63) is 71.9 Å². The van der Waals surface area contributed by atoms with E-state index in [1.54, 1.807) is 0 Å². The summed E-state index contributed by atoms with van der Waals surface area (Å²) in [4.78, 5) is 0. The van der Waals surface area contributed by atoms with Crippen LogP contribution in [-0.4, -0.2) is 11.1 Å². The third-order valence-electron chi connectivity index (χ3n) is 4.87. The minimum absolute atomic E-state index is 0.00510. The van der Waals surface area contributed by atoms with Gasteiger partial charge in [0.05, 0.1) is 11.1 Å². The first-order valence-electron chi connectivity index (χ1n) is 8.74. The summed E-state index contributed by atoms with van der Waals surface area (Å²) in [6.45, 7) is 8.77. The maximum Gasteiger partial charge on any atom is 0.0565 e. The Labute approximate surface area is 146 Å². The Morgan fingerprint density at radius 3 is 1.38 bits per heavy atom. The van der Waals surface area contributed by atoms with E-state index < -0.39 is 0 Å². The zero-order valence-electron chi connectivity index (χ0n) is 15.2. The summed E-state index contributed by atoms with van der Waals surface area (Å²) < 4.78 is 0. The molecule has 0 heterocycles. The number of rotatable bonds is 4. The summed E-state index contributed by atoms with van der Waals surface area (Å²) in [5.41, 5.74) is 4.98. The molecule has 2 aliphatic carbocycles. The van der Waals surface area contributed by atoms with Gasteiger partial charge in [0.1, 0.15) is 0 Å². The van der Waals surface area contributed by atoms with Crippen LogP contribution in [0.1, 0.15) is 40.5 Å². The van der Waals surface area contributed by atoms with Crippen molar-refractivity contribution < 1.29 is 0 Å². The van der Waals surface area contributed by atoms with Gasteiger partial charge in [-0.15, -0.1) is 0 Å². The highest BCUT2D eigenvalue weighted by atomic mass is 15.0. The smallest absolute Gasteiger partial charge is 0.0565 e.